The van der Waals surface area contributed by atoms with Gasteiger partial charge in [0.2, 0.25) is 0 Å². The van der Waals surface area contributed by atoms with E-state index in [4.69, 9.17) is 28.0 Å². The number of nitriles is 1. The molecule has 0 spiro atoms. The lowest BCUT2D eigenvalue weighted by Gasteiger charge is -2.22. The van der Waals surface area contributed by atoms with Crippen molar-refractivity contribution in [1.29, 1.82) is 5.26 Å². The summed E-state index contributed by atoms with van der Waals surface area (Å²) in [4.78, 5) is 15.2. The van der Waals surface area contributed by atoms with E-state index in [-0.39, 0.29) is 9.75 Å². The Hall–Kier alpha value is -2.54. The lowest BCUT2D eigenvalue weighted by atomic mass is 10.2. The first-order valence-corrected chi connectivity index (χ1v) is 10.5. The summed E-state index contributed by atoms with van der Waals surface area (Å²) in [5.41, 5.74) is -9.39. The predicted octanol–water partition coefficient (Wildman–Crippen LogP) is 4.67. The van der Waals surface area contributed by atoms with E-state index in [0.29, 0.717) is 12.1 Å². The highest BCUT2D eigenvalue weighted by molar-refractivity contribution is 7.92. The molecule has 8 nitrogen and oxygen atoms in total. The number of hydrogen-bond donors (Lipinski definition) is 0. The van der Waals surface area contributed by atoms with E-state index in [1.807, 2.05) is 0 Å². The number of nitrogens with zero attached hydrogens (tertiary/aromatic N) is 4. The standard InChI is InChI=1S/C16H10Cl2F6N4O4S/c1-3-11(29)28(32-2)14-13(33(30,31)16(22,23)24)10(6-25)26-27(14)12-8(17)4-7(5-9(12)18)15(19,20)21/h4-5H,3H2,1-2H3. The monoisotopic (exact) mass is 538 g/mol. The van der Waals surface area contributed by atoms with Gasteiger partial charge in [-0.05, 0) is 12.1 Å². The molecule has 0 unspecified atom stereocenters. The van der Waals surface area contributed by atoms with Gasteiger partial charge in [-0.1, -0.05) is 30.1 Å². The molecule has 1 aromatic carbocycles. The van der Waals surface area contributed by atoms with Gasteiger partial charge in [-0.25, -0.2) is 13.1 Å². The van der Waals surface area contributed by atoms with E-state index in [1.54, 1.807) is 0 Å². The van der Waals surface area contributed by atoms with Crippen molar-refractivity contribution in [3.05, 3.63) is 33.4 Å². The summed E-state index contributed by atoms with van der Waals surface area (Å²) in [6, 6.07) is 1.83. The molecule has 0 atom stereocenters. The van der Waals surface area contributed by atoms with Crippen molar-refractivity contribution < 1.29 is 44.4 Å². The van der Waals surface area contributed by atoms with Gasteiger partial charge >= 0.3 is 11.7 Å². The maximum Gasteiger partial charge on any atom is 0.502 e. The number of halogens is 8. The Balaban J connectivity index is 3.09. The van der Waals surface area contributed by atoms with Gasteiger partial charge in [-0.2, -0.15) is 41.8 Å². The van der Waals surface area contributed by atoms with E-state index < -0.39 is 71.6 Å². The van der Waals surface area contributed by atoms with Crippen molar-refractivity contribution in [2.45, 2.75) is 29.9 Å². The zero-order chi connectivity index (χ0) is 25.5. The van der Waals surface area contributed by atoms with Gasteiger partial charge < -0.3 is 0 Å². The van der Waals surface area contributed by atoms with E-state index >= 15 is 0 Å². The minimum absolute atomic E-state index is 0.0801. The fourth-order valence-corrected chi connectivity index (χ4v) is 4.18. The molecule has 2 rings (SSSR count). The highest BCUT2D eigenvalue weighted by Gasteiger charge is 2.52. The molecular weight excluding hydrogens is 529 g/mol. The molecule has 17 heteroatoms. The molecule has 33 heavy (non-hydrogen) atoms. The summed E-state index contributed by atoms with van der Waals surface area (Å²) in [6.07, 6.45) is -5.35. The Morgan fingerprint density at radius 1 is 1.21 bits per heavy atom. The van der Waals surface area contributed by atoms with Crippen molar-refractivity contribution in [3.8, 4) is 11.8 Å². The summed E-state index contributed by atoms with van der Waals surface area (Å²) in [5, 5.41) is 11.1. The van der Waals surface area contributed by atoms with Gasteiger partial charge in [0.1, 0.15) is 11.8 Å². The number of carbonyl (C=O) groups is 1. The second-order valence-corrected chi connectivity index (χ2v) is 8.68. The van der Waals surface area contributed by atoms with Crippen LogP contribution >= 0.6 is 23.2 Å². The minimum Gasteiger partial charge on any atom is -0.272 e. The highest BCUT2D eigenvalue weighted by Crippen LogP contribution is 2.43. The number of carbonyl (C=O) groups excluding carboxylic acids is 1. The topological polar surface area (TPSA) is 105 Å². The first kappa shape index (κ1) is 26.7. The van der Waals surface area contributed by atoms with Gasteiger partial charge in [0.05, 0.1) is 22.7 Å². The number of rotatable bonds is 5. The largest absolute Gasteiger partial charge is 0.502 e. The van der Waals surface area contributed by atoms with Gasteiger partial charge in [0.25, 0.3) is 15.7 Å². The summed E-state index contributed by atoms with van der Waals surface area (Å²) in [6.45, 7) is 1.25. The number of benzene rings is 1. The van der Waals surface area contributed by atoms with Gasteiger partial charge in [0, 0.05) is 6.42 Å². The molecule has 0 saturated heterocycles. The summed E-state index contributed by atoms with van der Waals surface area (Å²) in [5.74, 6) is -2.36. The Labute approximate surface area is 191 Å². The van der Waals surface area contributed by atoms with Crippen LogP contribution in [0.4, 0.5) is 32.2 Å². The zero-order valence-corrected chi connectivity index (χ0v) is 18.5. The first-order valence-electron chi connectivity index (χ1n) is 8.31. The molecule has 0 radical (unpaired) electrons. The zero-order valence-electron chi connectivity index (χ0n) is 16.2. The molecule has 0 aliphatic heterocycles. The van der Waals surface area contributed by atoms with Crippen molar-refractivity contribution in [1.82, 2.24) is 9.78 Å². The molecule has 1 heterocycles. The molecular formula is C16H10Cl2F6N4O4S. The third-order valence-corrected chi connectivity index (χ3v) is 6.06. The lowest BCUT2D eigenvalue weighted by molar-refractivity contribution is -0.137. The van der Waals surface area contributed by atoms with Gasteiger partial charge in [0.15, 0.2) is 16.4 Å². The second-order valence-electron chi connectivity index (χ2n) is 5.98. The SMILES string of the molecule is CCC(=O)N(OC)c1c(S(=O)(=O)C(F)(F)F)c(C#N)nn1-c1c(Cl)cc(C(F)(F)F)cc1Cl. The van der Waals surface area contributed by atoms with Crippen LogP contribution in [0.15, 0.2) is 17.0 Å². The van der Waals surface area contributed by atoms with Crippen LogP contribution in [-0.4, -0.2) is 36.7 Å². The Morgan fingerprint density at radius 3 is 2.09 bits per heavy atom. The van der Waals surface area contributed by atoms with E-state index in [1.165, 1.54) is 6.92 Å². The van der Waals surface area contributed by atoms with Crippen LogP contribution < -0.4 is 5.06 Å². The van der Waals surface area contributed by atoms with Crippen LogP contribution in [0.2, 0.25) is 10.0 Å². The van der Waals surface area contributed by atoms with Crippen LogP contribution in [0.5, 0.6) is 0 Å². The number of sulfone groups is 1. The van der Waals surface area contributed by atoms with Crippen LogP contribution in [0, 0.1) is 11.3 Å². The molecule has 0 aliphatic carbocycles. The molecule has 0 saturated carbocycles. The van der Waals surface area contributed by atoms with Crippen LogP contribution in [0.3, 0.4) is 0 Å². The number of amides is 1. The quantitative estimate of drug-likeness (QED) is 0.404. The fourth-order valence-electron chi connectivity index (χ4n) is 2.55. The minimum atomic E-state index is -6.34. The molecule has 1 aromatic heterocycles. The molecule has 180 valence electrons. The molecule has 0 N–H and O–H groups in total. The second kappa shape index (κ2) is 9.01. The van der Waals surface area contributed by atoms with E-state index in [0.717, 1.165) is 13.2 Å². The molecule has 1 amide bonds. The van der Waals surface area contributed by atoms with Gasteiger partial charge in [-0.3, -0.25) is 9.63 Å². The van der Waals surface area contributed by atoms with Crippen molar-refractivity contribution in [3.63, 3.8) is 0 Å². The number of hydrogen-bond acceptors (Lipinski definition) is 6. The summed E-state index contributed by atoms with van der Waals surface area (Å²) < 4.78 is 104. The predicted molar refractivity (Wildman–Crippen MR) is 101 cm³/mol. The Bertz CT molecular complexity index is 1230. The number of aromatic nitrogens is 2. The average Bonchev–Trinajstić information content (AvgIpc) is 3.05. The molecule has 0 bridgehead atoms. The Kier molecular flexibility index (Phi) is 7.29. The lowest BCUT2D eigenvalue weighted by Crippen LogP contribution is -2.34. The summed E-state index contributed by atoms with van der Waals surface area (Å²) in [7, 11) is -5.55. The molecule has 2 aromatic rings. The fraction of sp³-hybridized carbons (Fsp3) is 0.312. The van der Waals surface area contributed by atoms with Crippen LogP contribution in [0.25, 0.3) is 5.69 Å². The number of hydroxylamine groups is 1. The smallest absolute Gasteiger partial charge is 0.272 e. The molecule has 0 aliphatic rings. The Morgan fingerprint density at radius 2 is 1.73 bits per heavy atom. The van der Waals surface area contributed by atoms with Gasteiger partial charge in [-0.15, -0.1) is 0 Å². The first-order chi connectivity index (χ1) is 15.0. The molecule has 0 fully saturated rings. The van der Waals surface area contributed by atoms with Crippen LogP contribution in [0.1, 0.15) is 24.6 Å². The normalized spacial score (nSPS) is 12.5. The third kappa shape index (κ3) is 4.74. The van der Waals surface area contributed by atoms with E-state index in [2.05, 4.69) is 5.10 Å². The van der Waals surface area contributed by atoms with Crippen molar-refractivity contribution in [2.24, 2.45) is 0 Å². The maximum absolute atomic E-state index is 13.4. The third-order valence-electron chi connectivity index (χ3n) is 3.96. The van der Waals surface area contributed by atoms with E-state index in [9.17, 15) is 44.8 Å². The van der Waals surface area contributed by atoms with Crippen molar-refractivity contribution in [2.75, 3.05) is 12.2 Å². The number of alkyl halides is 6. The average molecular weight is 539 g/mol. The maximum atomic E-state index is 13.4. The van der Waals surface area contributed by atoms with Crippen molar-refractivity contribution >= 4 is 44.8 Å². The summed E-state index contributed by atoms with van der Waals surface area (Å²) >= 11 is 11.7. The number of anilines is 1. The highest BCUT2D eigenvalue weighted by atomic mass is 35.5. The van der Waals surface area contributed by atoms with Crippen LogP contribution in [-0.2, 0) is 25.6 Å².